The molecule has 4 rings (SSSR count). The lowest BCUT2D eigenvalue weighted by Crippen LogP contribution is -2.36. The highest BCUT2D eigenvalue weighted by atomic mass is 32.1. The van der Waals surface area contributed by atoms with E-state index < -0.39 is 0 Å². The van der Waals surface area contributed by atoms with Crippen LogP contribution < -0.4 is 10.3 Å². The van der Waals surface area contributed by atoms with Crippen LogP contribution in [-0.2, 0) is 16.0 Å². The second-order valence-electron chi connectivity index (χ2n) is 5.97. The third kappa shape index (κ3) is 4.44. The zero-order valence-electron chi connectivity index (χ0n) is 14.5. The summed E-state index contributed by atoms with van der Waals surface area (Å²) in [6.45, 7) is 3.08. The molecule has 1 aliphatic heterocycles. The smallest absolute Gasteiger partial charge is 0.246 e. The molecule has 1 aromatic carbocycles. The number of anilines is 1. The van der Waals surface area contributed by atoms with Gasteiger partial charge in [-0.1, -0.05) is 12.1 Å². The zero-order chi connectivity index (χ0) is 18.5. The number of rotatable bonds is 5. The van der Waals surface area contributed by atoms with Gasteiger partial charge in [0.2, 0.25) is 5.91 Å². The first-order valence-electron chi connectivity index (χ1n) is 8.59. The van der Waals surface area contributed by atoms with Crippen LogP contribution in [0.4, 0.5) is 5.13 Å². The molecular formula is C18H18N6O2S. The number of morpholine rings is 1. The molecule has 138 valence electrons. The van der Waals surface area contributed by atoms with E-state index in [0.29, 0.717) is 18.9 Å². The van der Waals surface area contributed by atoms with E-state index in [-0.39, 0.29) is 12.3 Å². The Morgan fingerprint density at radius 2 is 2.07 bits per heavy atom. The van der Waals surface area contributed by atoms with Crippen LogP contribution in [0.25, 0.3) is 11.0 Å². The molecule has 3 heterocycles. The van der Waals surface area contributed by atoms with Crippen LogP contribution >= 0.6 is 11.3 Å². The summed E-state index contributed by atoms with van der Waals surface area (Å²) >= 11 is 1.54. The molecule has 0 bridgehead atoms. The summed E-state index contributed by atoms with van der Waals surface area (Å²) in [6.07, 6.45) is 3.28. The second kappa shape index (κ2) is 8.19. The third-order valence-electron chi connectivity index (χ3n) is 4.02. The molecule has 1 N–H and O–H groups in total. The second-order valence-corrected chi connectivity index (χ2v) is 6.81. The molecule has 1 fully saturated rings. The Morgan fingerprint density at radius 1 is 1.26 bits per heavy atom. The fraction of sp³-hybridized carbons (Fsp3) is 0.278. The lowest BCUT2D eigenvalue weighted by molar-refractivity contribution is -0.120. The third-order valence-corrected chi connectivity index (χ3v) is 4.97. The molecule has 0 atom stereocenters. The predicted octanol–water partition coefficient (Wildman–Crippen LogP) is 1.62. The zero-order valence-corrected chi connectivity index (χ0v) is 15.4. The maximum atomic E-state index is 12.1. The normalized spacial score (nSPS) is 14.7. The van der Waals surface area contributed by atoms with Gasteiger partial charge in [0, 0.05) is 18.5 Å². The van der Waals surface area contributed by atoms with E-state index >= 15 is 0 Å². The van der Waals surface area contributed by atoms with E-state index in [1.807, 2.05) is 29.6 Å². The Labute approximate surface area is 159 Å². The topological polar surface area (TPSA) is 92.6 Å². The molecule has 8 nitrogen and oxygen atoms in total. The monoisotopic (exact) mass is 382 g/mol. The molecule has 0 saturated carbocycles. The summed E-state index contributed by atoms with van der Waals surface area (Å²) in [6, 6.07) is 7.59. The van der Waals surface area contributed by atoms with Gasteiger partial charge < -0.3 is 9.64 Å². The van der Waals surface area contributed by atoms with Gasteiger partial charge in [0.15, 0.2) is 5.13 Å². The average molecular weight is 382 g/mol. The molecule has 27 heavy (non-hydrogen) atoms. The number of amides is 1. The van der Waals surface area contributed by atoms with E-state index in [2.05, 4.69) is 30.4 Å². The number of nitrogens with zero attached hydrogens (tertiary/aromatic N) is 5. The Hall–Kier alpha value is -2.91. The number of hydrogen-bond acceptors (Lipinski definition) is 8. The minimum absolute atomic E-state index is 0.182. The quantitative estimate of drug-likeness (QED) is 0.532. The fourth-order valence-corrected chi connectivity index (χ4v) is 3.56. The largest absolute Gasteiger partial charge is 0.378 e. The van der Waals surface area contributed by atoms with Crippen molar-refractivity contribution >= 4 is 39.6 Å². The molecule has 0 unspecified atom stereocenters. The van der Waals surface area contributed by atoms with E-state index in [4.69, 9.17) is 4.74 Å². The van der Waals surface area contributed by atoms with E-state index in [1.54, 1.807) is 17.5 Å². The number of nitrogens with one attached hydrogen (secondary N) is 1. The first-order valence-corrected chi connectivity index (χ1v) is 9.47. The van der Waals surface area contributed by atoms with Gasteiger partial charge in [-0.2, -0.15) is 5.10 Å². The van der Waals surface area contributed by atoms with E-state index in [0.717, 1.165) is 34.9 Å². The summed E-state index contributed by atoms with van der Waals surface area (Å²) in [7, 11) is 0. The van der Waals surface area contributed by atoms with Crippen LogP contribution in [0.15, 0.2) is 40.9 Å². The lowest BCUT2D eigenvalue weighted by atomic mass is 10.3. The molecule has 0 aliphatic carbocycles. The summed E-state index contributed by atoms with van der Waals surface area (Å²) in [5, 5.41) is 6.80. The number of ether oxygens (including phenoxy) is 1. The van der Waals surface area contributed by atoms with Gasteiger partial charge in [-0.3, -0.25) is 9.78 Å². The Bertz CT molecular complexity index is 967. The molecular weight excluding hydrogens is 364 g/mol. The summed E-state index contributed by atoms with van der Waals surface area (Å²) in [5.74, 6) is -0.223. The molecule has 1 saturated heterocycles. The van der Waals surface area contributed by atoms with Crippen molar-refractivity contribution in [3.05, 3.63) is 47.2 Å². The number of para-hydroxylation sites is 2. The van der Waals surface area contributed by atoms with Gasteiger partial charge in [-0.25, -0.2) is 15.4 Å². The highest BCUT2D eigenvalue weighted by molar-refractivity contribution is 7.13. The molecule has 1 amide bonds. The van der Waals surface area contributed by atoms with Crippen LogP contribution in [0, 0.1) is 0 Å². The van der Waals surface area contributed by atoms with Crippen molar-refractivity contribution in [3.8, 4) is 0 Å². The number of hydrazone groups is 1. The number of benzene rings is 1. The number of hydrogen-bond donors (Lipinski definition) is 1. The van der Waals surface area contributed by atoms with Crippen molar-refractivity contribution in [1.29, 1.82) is 0 Å². The first-order chi connectivity index (χ1) is 13.3. The number of carbonyl (C=O) groups excluding carboxylic acids is 1. The standard InChI is InChI=1S/C18H18N6O2S/c25-17(9-13-12-27-18(22-13)24-5-7-26-8-6-24)23-20-11-14-10-19-15-3-1-2-4-16(15)21-14/h1-4,10-12H,5-9H2,(H,23,25)/b20-11-. The van der Waals surface area contributed by atoms with Crippen molar-refractivity contribution in [3.63, 3.8) is 0 Å². The van der Waals surface area contributed by atoms with Gasteiger partial charge in [-0.15, -0.1) is 11.3 Å². The number of carbonyl (C=O) groups is 1. The summed E-state index contributed by atoms with van der Waals surface area (Å²) < 4.78 is 5.34. The maximum absolute atomic E-state index is 12.1. The SMILES string of the molecule is O=C(Cc1csc(N2CCOCC2)n1)N/N=C\c1cnc2ccccc2n1. The van der Waals surface area contributed by atoms with Crippen LogP contribution in [0.1, 0.15) is 11.4 Å². The van der Waals surface area contributed by atoms with E-state index in [1.165, 1.54) is 6.21 Å². The number of thiazole rings is 1. The maximum Gasteiger partial charge on any atom is 0.246 e. The van der Waals surface area contributed by atoms with Crippen molar-refractivity contribution in [2.45, 2.75) is 6.42 Å². The van der Waals surface area contributed by atoms with Crippen LogP contribution in [-0.4, -0.2) is 53.4 Å². The van der Waals surface area contributed by atoms with Gasteiger partial charge in [0.05, 0.1) is 48.8 Å². The van der Waals surface area contributed by atoms with Gasteiger partial charge >= 0.3 is 0 Å². The molecule has 0 spiro atoms. The molecule has 9 heteroatoms. The molecule has 3 aromatic rings. The van der Waals surface area contributed by atoms with E-state index in [9.17, 15) is 4.79 Å². The fourth-order valence-electron chi connectivity index (χ4n) is 2.69. The number of fused-ring (bicyclic) bond motifs is 1. The van der Waals surface area contributed by atoms with Crippen LogP contribution in [0.2, 0.25) is 0 Å². The summed E-state index contributed by atoms with van der Waals surface area (Å²) in [5.41, 5.74) is 5.43. The Morgan fingerprint density at radius 3 is 2.93 bits per heavy atom. The van der Waals surface area contributed by atoms with Crippen molar-refractivity contribution in [1.82, 2.24) is 20.4 Å². The van der Waals surface area contributed by atoms with Gasteiger partial charge in [0.1, 0.15) is 5.69 Å². The van der Waals surface area contributed by atoms with Crippen molar-refractivity contribution in [2.75, 3.05) is 31.2 Å². The molecule has 2 aromatic heterocycles. The van der Waals surface area contributed by atoms with Crippen molar-refractivity contribution in [2.24, 2.45) is 5.10 Å². The van der Waals surface area contributed by atoms with Crippen LogP contribution in [0.3, 0.4) is 0 Å². The first kappa shape index (κ1) is 17.5. The average Bonchev–Trinajstić information content (AvgIpc) is 3.17. The van der Waals surface area contributed by atoms with Gasteiger partial charge in [-0.05, 0) is 12.1 Å². The van der Waals surface area contributed by atoms with Gasteiger partial charge in [0.25, 0.3) is 0 Å². The van der Waals surface area contributed by atoms with Crippen LogP contribution in [0.5, 0.6) is 0 Å². The highest BCUT2D eigenvalue weighted by Gasteiger charge is 2.15. The Balaban J connectivity index is 1.32. The minimum atomic E-state index is -0.223. The number of aromatic nitrogens is 3. The predicted molar refractivity (Wildman–Crippen MR) is 104 cm³/mol. The molecule has 1 aliphatic rings. The molecule has 0 radical (unpaired) electrons. The van der Waals surface area contributed by atoms with Crippen molar-refractivity contribution < 1.29 is 9.53 Å². The minimum Gasteiger partial charge on any atom is -0.378 e. The summed E-state index contributed by atoms with van der Waals surface area (Å²) in [4.78, 5) is 27.5. The highest BCUT2D eigenvalue weighted by Crippen LogP contribution is 2.21. The lowest BCUT2D eigenvalue weighted by Gasteiger charge is -2.26. The Kier molecular flexibility index (Phi) is 5.31.